The van der Waals surface area contributed by atoms with Gasteiger partial charge >= 0.3 is 13.8 Å². The predicted octanol–water partition coefficient (Wildman–Crippen LogP) is 17.4. The van der Waals surface area contributed by atoms with Crippen molar-refractivity contribution < 1.29 is 37.3 Å². The summed E-state index contributed by atoms with van der Waals surface area (Å²) in [6.07, 6.45) is 55.9. The number of rotatable bonds is 53. The summed E-state index contributed by atoms with van der Waals surface area (Å²) < 4.78 is 30.6. The average molecular weight is 983 g/mol. The largest absolute Gasteiger partial charge is 0.472 e. The van der Waals surface area contributed by atoms with Crippen molar-refractivity contribution in [2.24, 2.45) is 0 Å². The number of unbranched alkanes of at least 4 members (excludes halogenated alkanes) is 35. The first-order valence-electron chi connectivity index (χ1n) is 29.2. The number of esters is 1. The fourth-order valence-electron chi connectivity index (χ4n) is 8.58. The maximum absolute atomic E-state index is 13.5. The van der Waals surface area contributed by atoms with Crippen molar-refractivity contribution in [1.29, 1.82) is 0 Å². The van der Waals surface area contributed by atoms with Crippen LogP contribution < -0.4 is 5.32 Å². The molecule has 1 amide bonds. The topological polar surface area (TPSA) is 111 Å². The van der Waals surface area contributed by atoms with E-state index in [2.05, 4.69) is 38.2 Å². The molecule has 9 nitrogen and oxygen atoms in total. The van der Waals surface area contributed by atoms with Crippen molar-refractivity contribution in [3.05, 3.63) is 24.3 Å². The molecule has 0 heterocycles. The Morgan fingerprint density at radius 1 is 0.500 bits per heavy atom. The number of phosphoric ester groups is 1. The predicted molar refractivity (Wildman–Crippen MR) is 291 cm³/mol. The number of phosphoric acid groups is 1. The molecule has 0 saturated carbocycles. The van der Waals surface area contributed by atoms with E-state index in [0.29, 0.717) is 23.9 Å². The van der Waals surface area contributed by atoms with Crippen LogP contribution in [0.15, 0.2) is 24.3 Å². The van der Waals surface area contributed by atoms with Crippen LogP contribution in [0.4, 0.5) is 0 Å². The zero-order valence-electron chi connectivity index (χ0n) is 45.9. The van der Waals surface area contributed by atoms with Crippen LogP contribution in [0, 0.1) is 0 Å². The van der Waals surface area contributed by atoms with Crippen molar-refractivity contribution in [3.8, 4) is 0 Å². The molecule has 0 aromatic heterocycles. The fourth-order valence-corrected chi connectivity index (χ4v) is 9.32. The van der Waals surface area contributed by atoms with E-state index < -0.39 is 20.0 Å². The second kappa shape index (κ2) is 49.1. The highest BCUT2D eigenvalue weighted by Crippen LogP contribution is 2.43. The first-order valence-corrected chi connectivity index (χ1v) is 30.7. The maximum atomic E-state index is 13.5. The van der Waals surface area contributed by atoms with Crippen molar-refractivity contribution in [2.75, 3.05) is 40.9 Å². The number of allylic oxidation sites excluding steroid dienone is 3. The van der Waals surface area contributed by atoms with E-state index in [1.165, 1.54) is 173 Å². The molecular weight excluding hydrogens is 868 g/mol. The van der Waals surface area contributed by atoms with Gasteiger partial charge < -0.3 is 19.4 Å². The van der Waals surface area contributed by atoms with E-state index in [1.807, 2.05) is 33.3 Å². The highest BCUT2D eigenvalue weighted by Gasteiger charge is 2.30. The van der Waals surface area contributed by atoms with Gasteiger partial charge in [-0.15, -0.1) is 0 Å². The summed E-state index contributed by atoms with van der Waals surface area (Å²) in [7, 11) is 1.50. The van der Waals surface area contributed by atoms with Gasteiger partial charge in [0.05, 0.1) is 33.8 Å². The zero-order chi connectivity index (χ0) is 50.1. The minimum atomic E-state index is -4.44. The Kier molecular flexibility index (Phi) is 48.0. The van der Waals surface area contributed by atoms with Crippen LogP contribution >= 0.6 is 7.82 Å². The van der Waals surface area contributed by atoms with Crippen molar-refractivity contribution >= 4 is 19.7 Å². The van der Waals surface area contributed by atoms with Crippen LogP contribution in [0.2, 0.25) is 0 Å². The zero-order valence-corrected chi connectivity index (χ0v) is 46.8. The lowest BCUT2D eigenvalue weighted by molar-refractivity contribution is -0.870. The number of hydrogen-bond acceptors (Lipinski definition) is 6. The van der Waals surface area contributed by atoms with Gasteiger partial charge in [-0.3, -0.25) is 18.6 Å². The molecule has 0 saturated heterocycles. The fraction of sp³-hybridized carbons (Fsp3) is 0.897. The van der Waals surface area contributed by atoms with Gasteiger partial charge in [-0.1, -0.05) is 238 Å². The van der Waals surface area contributed by atoms with Crippen LogP contribution in [0.25, 0.3) is 0 Å². The molecule has 0 radical (unpaired) electrons. The van der Waals surface area contributed by atoms with Crippen LogP contribution in [-0.4, -0.2) is 74.3 Å². The Balaban J connectivity index is 5.30. The van der Waals surface area contributed by atoms with Gasteiger partial charge in [-0.25, -0.2) is 4.57 Å². The molecule has 2 N–H and O–H groups in total. The highest BCUT2D eigenvalue weighted by atomic mass is 31.2. The molecule has 0 aliphatic rings. The van der Waals surface area contributed by atoms with Crippen molar-refractivity contribution in [2.45, 2.75) is 296 Å². The van der Waals surface area contributed by atoms with Gasteiger partial charge in [0, 0.05) is 12.8 Å². The standard InChI is InChI=1S/C58H113N2O7P/c1-7-10-13-16-19-22-25-27-29-31-32-35-38-41-44-47-50-57(61)59-55(54-66-68(63,64)65-53-52-60(4,5)6)56(49-46-43-40-37-34-24-21-18-15-12-9-3)67-58(62)51-48-45-42-39-36-33-30-28-26-23-20-17-14-11-8-2/h29,31,46,49,55-56H,7-28,30,32-45,47-48,50-54H2,1-6H3,(H-,59,61,63,64)/p+1/b31-29+,49-46+. The summed E-state index contributed by atoms with van der Waals surface area (Å²) in [6, 6.07) is -0.845. The van der Waals surface area contributed by atoms with Gasteiger partial charge in [-0.2, -0.15) is 0 Å². The number of carbonyl (C=O) groups is 2. The Morgan fingerprint density at radius 3 is 1.25 bits per heavy atom. The number of amides is 1. The normalized spacial score (nSPS) is 13.9. The van der Waals surface area contributed by atoms with Crippen LogP contribution in [0.5, 0.6) is 0 Å². The monoisotopic (exact) mass is 982 g/mol. The lowest BCUT2D eigenvalue weighted by Gasteiger charge is -2.27. The lowest BCUT2D eigenvalue weighted by Crippen LogP contribution is -2.47. The summed E-state index contributed by atoms with van der Waals surface area (Å²) in [5.74, 6) is -0.503. The Labute approximate surface area is 422 Å². The molecule has 402 valence electrons. The quantitative estimate of drug-likeness (QED) is 0.0205. The van der Waals surface area contributed by atoms with E-state index in [4.69, 9.17) is 13.8 Å². The molecule has 3 unspecified atom stereocenters. The number of quaternary nitrogens is 1. The van der Waals surface area contributed by atoms with Crippen LogP contribution in [0.1, 0.15) is 284 Å². The Morgan fingerprint density at radius 2 is 0.853 bits per heavy atom. The van der Waals surface area contributed by atoms with E-state index in [1.54, 1.807) is 0 Å². The van der Waals surface area contributed by atoms with Crippen molar-refractivity contribution in [3.63, 3.8) is 0 Å². The summed E-state index contributed by atoms with van der Waals surface area (Å²) >= 11 is 0. The molecule has 0 aromatic rings. The molecule has 0 aromatic carbocycles. The van der Waals surface area contributed by atoms with Crippen LogP contribution in [0.3, 0.4) is 0 Å². The molecular formula is C58H114N2O7P+. The summed E-state index contributed by atoms with van der Waals surface area (Å²) in [6.45, 7) is 7.02. The van der Waals surface area contributed by atoms with E-state index in [9.17, 15) is 19.0 Å². The Bertz CT molecular complexity index is 1220. The third-order valence-electron chi connectivity index (χ3n) is 13.1. The summed E-state index contributed by atoms with van der Waals surface area (Å²) in [5, 5.41) is 3.05. The molecule has 0 bridgehead atoms. The number of nitrogens with zero attached hydrogens (tertiary/aromatic N) is 1. The van der Waals surface area contributed by atoms with Gasteiger partial charge in [0.1, 0.15) is 19.3 Å². The lowest BCUT2D eigenvalue weighted by atomic mass is 10.0. The number of ether oxygens (including phenoxy) is 1. The molecule has 68 heavy (non-hydrogen) atoms. The summed E-state index contributed by atoms with van der Waals surface area (Å²) in [5.41, 5.74) is 0. The number of nitrogens with one attached hydrogen (secondary N) is 1. The molecule has 0 aliphatic heterocycles. The van der Waals surface area contributed by atoms with Gasteiger partial charge in [0.2, 0.25) is 5.91 Å². The average Bonchev–Trinajstić information content (AvgIpc) is 3.29. The third-order valence-corrected chi connectivity index (χ3v) is 14.1. The summed E-state index contributed by atoms with van der Waals surface area (Å²) in [4.78, 5) is 37.5. The molecule has 10 heteroatoms. The first kappa shape index (κ1) is 66.5. The van der Waals surface area contributed by atoms with E-state index in [-0.39, 0.29) is 25.1 Å². The second-order valence-electron chi connectivity index (χ2n) is 21.2. The number of likely N-dealkylation sites (N-methyl/N-ethyl adjacent to an activating group) is 1. The first-order chi connectivity index (χ1) is 32.9. The SMILES string of the molecule is CCCCCCCCC/C=C/CCCCCCCC(=O)NC(COP(=O)(O)OCC[N+](C)(C)C)C(/C=C/CCCCCCCCCCC)OC(=O)CCCCCCCCCCCCCCCCC. The second-order valence-corrected chi connectivity index (χ2v) is 22.6. The number of carbonyl (C=O) groups excluding carboxylic acids is 2. The third kappa shape index (κ3) is 49.5. The van der Waals surface area contributed by atoms with Gasteiger partial charge in [0.15, 0.2) is 0 Å². The Hall–Kier alpha value is -1.51. The van der Waals surface area contributed by atoms with Gasteiger partial charge in [-0.05, 0) is 57.4 Å². The van der Waals surface area contributed by atoms with Crippen LogP contribution in [-0.2, 0) is 27.9 Å². The minimum Gasteiger partial charge on any atom is -0.456 e. The molecule has 0 rings (SSSR count). The maximum Gasteiger partial charge on any atom is 0.472 e. The molecule has 0 aliphatic carbocycles. The van der Waals surface area contributed by atoms with Gasteiger partial charge in [0.25, 0.3) is 0 Å². The minimum absolute atomic E-state index is 0.0418. The molecule has 0 fully saturated rings. The smallest absolute Gasteiger partial charge is 0.456 e. The van der Waals surface area contributed by atoms with Crippen molar-refractivity contribution in [1.82, 2.24) is 5.32 Å². The highest BCUT2D eigenvalue weighted by molar-refractivity contribution is 7.47. The van der Waals surface area contributed by atoms with E-state index in [0.717, 1.165) is 77.0 Å². The number of hydrogen-bond donors (Lipinski definition) is 2. The molecule has 0 spiro atoms. The van der Waals surface area contributed by atoms with E-state index >= 15 is 0 Å². The molecule has 3 atom stereocenters.